The molecule has 3 nitrogen and oxygen atoms in total. The molecule has 0 aromatic heterocycles. The first kappa shape index (κ1) is 15.2. The van der Waals surface area contributed by atoms with Gasteiger partial charge in [0.05, 0.1) is 12.1 Å². The Bertz CT molecular complexity index is 409. The number of nitrogens with one attached hydrogen (secondary N) is 1. The van der Waals surface area contributed by atoms with Gasteiger partial charge < -0.3 is 11.1 Å². The van der Waals surface area contributed by atoms with Gasteiger partial charge in [0.15, 0.2) is 0 Å². The number of hydrogen-bond donors (Lipinski definition) is 2. The highest BCUT2D eigenvalue weighted by Crippen LogP contribution is 2.18. The summed E-state index contributed by atoms with van der Waals surface area (Å²) in [5, 5.41) is 2.95. The fourth-order valence-corrected chi connectivity index (χ4v) is 2.10. The molecule has 18 heavy (non-hydrogen) atoms. The Labute approximate surface area is 117 Å². The summed E-state index contributed by atoms with van der Waals surface area (Å²) in [7, 11) is 0. The van der Waals surface area contributed by atoms with Crippen molar-refractivity contribution in [2.45, 2.75) is 39.3 Å². The van der Waals surface area contributed by atoms with Crippen LogP contribution in [0.3, 0.4) is 0 Å². The minimum Gasteiger partial charge on any atom is -0.348 e. The number of amides is 1. The van der Waals surface area contributed by atoms with Gasteiger partial charge in [0.2, 0.25) is 5.91 Å². The van der Waals surface area contributed by atoms with E-state index in [9.17, 15) is 4.79 Å². The van der Waals surface area contributed by atoms with E-state index in [0.717, 1.165) is 16.5 Å². The molecule has 0 fully saturated rings. The van der Waals surface area contributed by atoms with Crippen molar-refractivity contribution in [3.8, 4) is 0 Å². The molecule has 3 N–H and O–H groups in total. The molecule has 4 heteroatoms. The molecule has 0 aliphatic heterocycles. The van der Waals surface area contributed by atoms with Gasteiger partial charge in [-0.1, -0.05) is 48.3 Å². The van der Waals surface area contributed by atoms with E-state index < -0.39 is 6.04 Å². The molecule has 0 saturated heterocycles. The number of hydrogen-bond acceptors (Lipinski definition) is 2. The predicted octanol–water partition coefficient (Wildman–Crippen LogP) is 3.00. The number of carbonyl (C=O) groups excluding carboxylic acids is 1. The quantitative estimate of drug-likeness (QED) is 0.878. The lowest BCUT2D eigenvalue weighted by Crippen LogP contribution is -2.45. The maximum absolute atomic E-state index is 12.0. The van der Waals surface area contributed by atoms with Crippen molar-refractivity contribution in [2.24, 2.45) is 11.7 Å². The van der Waals surface area contributed by atoms with Crippen LogP contribution in [0.25, 0.3) is 0 Å². The molecule has 0 saturated carbocycles. The molecule has 1 amide bonds. The van der Waals surface area contributed by atoms with Crippen molar-refractivity contribution in [3.63, 3.8) is 0 Å². The number of halogens is 1. The van der Waals surface area contributed by atoms with Crippen LogP contribution in [-0.2, 0) is 4.79 Å². The summed E-state index contributed by atoms with van der Waals surface area (Å²) >= 11 is 3.42. The molecular weight excluding hydrogens is 292 g/mol. The molecule has 1 aromatic rings. The molecule has 0 radical (unpaired) electrons. The molecule has 0 bridgehead atoms. The summed E-state index contributed by atoms with van der Waals surface area (Å²) in [6.07, 6.45) is 0.903. The third-order valence-corrected chi connectivity index (χ3v) is 3.76. The molecule has 0 aliphatic carbocycles. The van der Waals surface area contributed by atoms with Crippen molar-refractivity contribution >= 4 is 21.8 Å². The first-order valence-corrected chi connectivity index (χ1v) is 7.06. The highest BCUT2D eigenvalue weighted by molar-refractivity contribution is 9.10. The standard InChI is InChI=1S/C14H21BrN2O/c1-4-9(2)13(16)14(18)17-10(3)11-6-5-7-12(15)8-11/h5-10,13H,4,16H2,1-3H3,(H,17,18)/t9?,10-,13-/m0/s1. The summed E-state index contributed by atoms with van der Waals surface area (Å²) in [4.78, 5) is 12.0. The van der Waals surface area contributed by atoms with Gasteiger partial charge in [-0.05, 0) is 30.5 Å². The number of rotatable bonds is 5. The van der Waals surface area contributed by atoms with Crippen LogP contribution in [0.2, 0.25) is 0 Å². The summed E-state index contributed by atoms with van der Waals surface area (Å²) in [5.74, 6) is 0.108. The lowest BCUT2D eigenvalue weighted by atomic mass is 9.98. The Morgan fingerprint density at radius 1 is 1.44 bits per heavy atom. The van der Waals surface area contributed by atoms with Gasteiger partial charge in [-0.3, -0.25) is 4.79 Å². The zero-order chi connectivity index (χ0) is 13.7. The number of benzene rings is 1. The summed E-state index contributed by atoms with van der Waals surface area (Å²) < 4.78 is 1.01. The van der Waals surface area contributed by atoms with Crippen LogP contribution in [0.4, 0.5) is 0 Å². The Balaban J connectivity index is 2.65. The van der Waals surface area contributed by atoms with E-state index in [0.29, 0.717) is 0 Å². The van der Waals surface area contributed by atoms with Crippen molar-refractivity contribution < 1.29 is 4.79 Å². The Morgan fingerprint density at radius 2 is 2.11 bits per heavy atom. The molecule has 1 aromatic carbocycles. The smallest absolute Gasteiger partial charge is 0.237 e. The zero-order valence-electron chi connectivity index (χ0n) is 11.1. The second-order valence-corrected chi connectivity index (χ2v) is 5.61. The maximum atomic E-state index is 12.0. The molecule has 1 unspecified atom stereocenters. The topological polar surface area (TPSA) is 55.1 Å². The van der Waals surface area contributed by atoms with E-state index in [1.807, 2.05) is 45.0 Å². The van der Waals surface area contributed by atoms with Crippen LogP contribution >= 0.6 is 15.9 Å². The largest absolute Gasteiger partial charge is 0.348 e. The lowest BCUT2D eigenvalue weighted by Gasteiger charge is -2.21. The monoisotopic (exact) mass is 312 g/mol. The first-order valence-electron chi connectivity index (χ1n) is 6.27. The second kappa shape index (κ2) is 6.90. The molecule has 1 rings (SSSR count). The number of nitrogens with two attached hydrogens (primary N) is 1. The van der Waals surface area contributed by atoms with Crippen molar-refractivity contribution in [3.05, 3.63) is 34.3 Å². The van der Waals surface area contributed by atoms with Crippen LogP contribution in [0, 0.1) is 5.92 Å². The average Bonchev–Trinajstić information content (AvgIpc) is 2.36. The van der Waals surface area contributed by atoms with Crippen molar-refractivity contribution in [1.82, 2.24) is 5.32 Å². The fourth-order valence-electron chi connectivity index (χ4n) is 1.68. The molecular formula is C14H21BrN2O. The molecule has 3 atom stereocenters. The minimum atomic E-state index is -0.440. The van der Waals surface area contributed by atoms with Crippen molar-refractivity contribution in [2.75, 3.05) is 0 Å². The minimum absolute atomic E-state index is 0.0369. The molecule has 0 aliphatic rings. The normalized spacial score (nSPS) is 15.8. The Hall–Kier alpha value is -0.870. The summed E-state index contributed by atoms with van der Waals surface area (Å²) in [6.45, 7) is 5.99. The Morgan fingerprint density at radius 3 is 2.67 bits per heavy atom. The van der Waals surface area contributed by atoms with Crippen molar-refractivity contribution in [1.29, 1.82) is 0 Å². The highest BCUT2D eigenvalue weighted by atomic mass is 79.9. The van der Waals surface area contributed by atoms with E-state index in [2.05, 4.69) is 21.2 Å². The van der Waals surface area contributed by atoms with E-state index in [-0.39, 0.29) is 17.9 Å². The third kappa shape index (κ3) is 4.10. The zero-order valence-corrected chi connectivity index (χ0v) is 12.7. The highest BCUT2D eigenvalue weighted by Gasteiger charge is 2.21. The molecule has 0 spiro atoms. The van der Waals surface area contributed by atoms with E-state index in [1.165, 1.54) is 0 Å². The van der Waals surface area contributed by atoms with Crippen LogP contribution in [0.1, 0.15) is 38.8 Å². The maximum Gasteiger partial charge on any atom is 0.237 e. The average molecular weight is 313 g/mol. The van der Waals surface area contributed by atoms with E-state index in [1.54, 1.807) is 0 Å². The Kier molecular flexibility index (Phi) is 5.82. The van der Waals surface area contributed by atoms with E-state index >= 15 is 0 Å². The number of carbonyl (C=O) groups is 1. The van der Waals surface area contributed by atoms with Crippen LogP contribution in [0.5, 0.6) is 0 Å². The van der Waals surface area contributed by atoms with Gasteiger partial charge in [-0.25, -0.2) is 0 Å². The van der Waals surface area contributed by atoms with Crippen LogP contribution in [0.15, 0.2) is 28.7 Å². The third-order valence-electron chi connectivity index (χ3n) is 3.27. The SMILES string of the molecule is CCC(C)[C@H](N)C(=O)N[C@@H](C)c1cccc(Br)c1. The van der Waals surface area contributed by atoms with E-state index in [4.69, 9.17) is 5.73 Å². The summed E-state index contributed by atoms with van der Waals surface area (Å²) in [6, 6.07) is 7.43. The molecule has 100 valence electrons. The fraction of sp³-hybridized carbons (Fsp3) is 0.500. The van der Waals surface area contributed by atoms with Crippen LogP contribution in [-0.4, -0.2) is 11.9 Å². The van der Waals surface area contributed by atoms with Gasteiger partial charge in [0.25, 0.3) is 0 Å². The summed E-state index contributed by atoms with van der Waals surface area (Å²) in [5.41, 5.74) is 6.97. The van der Waals surface area contributed by atoms with Gasteiger partial charge in [0, 0.05) is 4.47 Å². The van der Waals surface area contributed by atoms with Gasteiger partial charge in [-0.2, -0.15) is 0 Å². The van der Waals surface area contributed by atoms with Gasteiger partial charge in [0.1, 0.15) is 0 Å². The molecule has 0 heterocycles. The first-order chi connectivity index (χ1) is 8.45. The van der Waals surface area contributed by atoms with Gasteiger partial charge in [-0.15, -0.1) is 0 Å². The van der Waals surface area contributed by atoms with Gasteiger partial charge >= 0.3 is 0 Å². The lowest BCUT2D eigenvalue weighted by molar-refractivity contribution is -0.124. The predicted molar refractivity (Wildman–Crippen MR) is 78.1 cm³/mol. The second-order valence-electron chi connectivity index (χ2n) is 4.70. The van der Waals surface area contributed by atoms with Crippen LogP contribution < -0.4 is 11.1 Å².